The molecule has 0 N–H and O–H groups in total. The van der Waals surface area contributed by atoms with Gasteiger partial charge in [0, 0.05) is 20.5 Å². The highest BCUT2D eigenvalue weighted by molar-refractivity contribution is 5.66. The number of methoxy groups -OCH3 is 1. The fourth-order valence-corrected chi connectivity index (χ4v) is 1.78. The van der Waals surface area contributed by atoms with Gasteiger partial charge < -0.3 is 14.2 Å². The summed E-state index contributed by atoms with van der Waals surface area (Å²) in [4.78, 5) is 11.3. The van der Waals surface area contributed by atoms with E-state index < -0.39 is 17.7 Å². The van der Waals surface area contributed by atoms with Gasteiger partial charge in [-0.25, -0.2) is 0 Å². The monoisotopic (exact) mass is 288 g/mol. The van der Waals surface area contributed by atoms with Crippen LogP contribution in [0.3, 0.4) is 0 Å². The second-order valence-electron chi connectivity index (χ2n) is 4.30. The number of rotatable bonds is 7. The van der Waals surface area contributed by atoms with Crippen LogP contribution in [-0.4, -0.2) is 31.6 Å². The van der Waals surface area contributed by atoms with Crippen molar-refractivity contribution >= 4 is 5.97 Å². The molecule has 6 nitrogen and oxygen atoms in total. The van der Waals surface area contributed by atoms with Crippen molar-refractivity contribution in [3.8, 4) is 12.1 Å². The molecule has 21 heavy (non-hydrogen) atoms. The van der Waals surface area contributed by atoms with Crippen LogP contribution in [0.2, 0.25) is 0 Å². The standard InChI is InChI=1S/C15H16N2O4/c1-12(18)21-14(8-13-6-4-3-5-7-13)15(9-16,10-17)20-11-19-2/h3-7,14H,8,11H2,1-2H3. The molecular weight excluding hydrogens is 272 g/mol. The first-order chi connectivity index (χ1) is 10.1. The summed E-state index contributed by atoms with van der Waals surface area (Å²) in [5.74, 6) is -0.591. The van der Waals surface area contributed by atoms with Gasteiger partial charge >= 0.3 is 5.97 Å². The van der Waals surface area contributed by atoms with Crippen molar-refractivity contribution in [3.63, 3.8) is 0 Å². The molecule has 1 aromatic carbocycles. The first kappa shape index (κ1) is 16.6. The Morgan fingerprint density at radius 3 is 2.38 bits per heavy atom. The van der Waals surface area contributed by atoms with Gasteiger partial charge in [-0.3, -0.25) is 4.79 Å². The Bertz CT molecular complexity index is 531. The van der Waals surface area contributed by atoms with Crippen LogP contribution in [0.4, 0.5) is 0 Å². The number of nitriles is 2. The minimum absolute atomic E-state index is 0.186. The summed E-state index contributed by atoms with van der Waals surface area (Å²) in [6.45, 7) is 0.960. The van der Waals surface area contributed by atoms with Crippen LogP contribution in [0.1, 0.15) is 12.5 Å². The molecule has 6 heteroatoms. The second kappa shape index (κ2) is 8.01. The molecule has 1 unspecified atom stereocenters. The molecule has 0 fully saturated rings. The predicted octanol–water partition coefficient (Wildman–Crippen LogP) is 1.57. The number of nitrogens with zero attached hydrogens (tertiary/aromatic N) is 2. The van der Waals surface area contributed by atoms with Gasteiger partial charge in [0.2, 0.25) is 0 Å². The Kier molecular flexibility index (Phi) is 6.35. The van der Waals surface area contributed by atoms with Crippen molar-refractivity contribution in [3.05, 3.63) is 35.9 Å². The zero-order valence-corrected chi connectivity index (χ0v) is 11.9. The summed E-state index contributed by atoms with van der Waals surface area (Å²) in [7, 11) is 1.37. The number of carbonyl (C=O) groups excluding carboxylic acids is 1. The molecule has 1 rings (SSSR count). The molecule has 0 amide bonds. The van der Waals surface area contributed by atoms with E-state index >= 15 is 0 Å². The molecule has 0 aliphatic rings. The first-order valence-electron chi connectivity index (χ1n) is 6.24. The summed E-state index contributed by atoms with van der Waals surface area (Å²) in [5, 5.41) is 18.6. The summed E-state index contributed by atoms with van der Waals surface area (Å²) in [6, 6.07) is 12.7. The lowest BCUT2D eigenvalue weighted by molar-refractivity contribution is -0.167. The van der Waals surface area contributed by atoms with E-state index in [2.05, 4.69) is 0 Å². The van der Waals surface area contributed by atoms with E-state index in [4.69, 9.17) is 14.2 Å². The first-order valence-corrected chi connectivity index (χ1v) is 6.24. The molecule has 1 atom stereocenters. The van der Waals surface area contributed by atoms with Crippen LogP contribution in [0.25, 0.3) is 0 Å². The van der Waals surface area contributed by atoms with Crippen LogP contribution in [0.15, 0.2) is 30.3 Å². The quantitative estimate of drug-likeness (QED) is 0.558. The topological polar surface area (TPSA) is 92.3 Å². The highest BCUT2D eigenvalue weighted by Crippen LogP contribution is 2.22. The van der Waals surface area contributed by atoms with Crippen LogP contribution >= 0.6 is 0 Å². The molecule has 0 aliphatic heterocycles. The van der Waals surface area contributed by atoms with E-state index in [9.17, 15) is 15.3 Å². The van der Waals surface area contributed by atoms with Crippen molar-refractivity contribution in [2.75, 3.05) is 13.9 Å². The zero-order chi connectivity index (χ0) is 15.7. The van der Waals surface area contributed by atoms with E-state index in [0.29, 0.717) is 0 Å². The molecule has 0 saturated carbocycles. The molecule has 0 heterocycles. The van der Waals surface area contributed by atoms with Crippen LogP contribution in [-0.2, 0) is 25.4 Å². The van der Waals surface area contributed by atoms with Crippen molar-refractivity contribution in [1.29, 1.82) is 10.5 Å². The normalized spacial score (nSPS) is 12.0. The summed E-state index contributed by atoms with van der Waals surface area (Å²) < 4.78 is 15.1. The minimum Gasteiger partial charge on any atom is -0.457 e. The Labute approximate surface area is 123 Å². The van der Waals surface area contributed by atoms with Crippen molar-refractivity contribution in [2.45, 2.75) is 25.0 Å². The van der Waals surface area contributed by atoms with Crippen molar-refractivity contribution in [1.82, 2.24) is 0 Å². The van der Waals surface area contributed by atoms with Crippen LogP contribution in [0, 0.1) is 22.7 Å². The van der Waals surface area contributed by atoms with E-state index in [-0.39, 0.29) is 13.2 Å². The van der Waals surface area contributed by atoms with Crippen LogP contribution in [0.5, 0.6) is 0 Å². The van der Waals surface area contributed by atoms with E-state index in [1.807, 2.05) is 30.3 Å². The van der Waals surface area contributed by atoms with E-state index in [1.54, 1.807) is 12.1 Å². The lowest BCUT2D eigenvalue weighted by Gasteiger charge is -2.28. The highest BCUT2D eigenvalue weighted by Gasteiger charge is 2.44. The van der Waals surface area contributed by atoms with Gasteiger partial charge in [0.1, 0.15) is 18.9 Å². The van der Waals surface area contributed by atoms with Crippen molar-refractivity contribution in [2.24, 2.45) is 0 Å². The lowest BCUT2D eigenvalue weighted by Crippen LogP contribution is -2.46. The van der Waals surface area contributed by atoms with E-state index in [1.165, 1.54) is 14.0 Å². The molecule has 0 bridgehead atoms. The molecule has 0 aromatic heterocycles. The average Bonchev–Trinajstić information content (AvgIpc) is 2.49. The Hall–Kier alpha value is -2.41. The van der Waals surface area contributed by atoms with Gasteiger partial charge in [-0.1, -0.05) is 30.3 Å². The summed E-state index contributed by atoms with van der Waals surface area (Å²) in [5.41, 5.74) is -1.10. The largest absolute Gasteiger partial charge is 0.457 e. The Balaban J connectivity index is 3.06. The van der Waals surface area contributed by atoms with Gasteiger partial charge in [-0.05, 0) is 5.56 Å². The van der Waals surface area contributed by atoms with E-state index in [0.717, 1.165) is 5.56 Å². The number of ether oxygens (including phenoxy) is 3. The molecule has 110 valence electrons. The minimum atomic E-state index is -1.92. The average molecular weight is 288 g/mol. The molecule has 0 spiro atoms. The van der Waals surface area contributed by atoms with Crippen molar-refractivity contribution < 1.29 is 19.0 Å². The summed E-state index contributed by atoms with van der Waals surface area (Å²) >= 11 is 0. The van der Waals surface area contributed by atoms with Gasteiger partial charge in [0.25, 0.3) is 5.60 Å². The Morgan fingerprint density at radius 2 is 1.90 bits per heavy atom. The SMILES string of the molecule is COCOC(C#N)(C#N)C(Cc1ccccc1)OC(C)=O. The maximum atomic E-state index is 11.3. The maximum absolute atomic E-state index is 11.3. The third-order valence-electron chi connectivity index (χ3n) is 2.76. The number of esters is 1. The zero-order valence-electron chi connectivity index (χ0n) is 11.9. The predicted molar refractivity (Wildman–Crippen MR) is 72.6 cm³/mol. The number of hydrogen-bond acceptors (Lipinski definition) is 6. The van der Waals surface area contributed by atoms with Crippen LogP contribution < -0.4 is 0 Å². The Morgan fingerprint density at radius 1 is 1.29 bits per heavy atom. The fourth-order valence-electron chi connectivity index (χ4n) is 1.78. The molecule has 1 aromatic rings. The summed E-state index contributed by atoms with van der Waals surface area (Å²) in [6.07, 6.45) is -0.867. The number of benzene rings is 1. The molecule has 0 radical (unpaired) electrons. The van der Waals surface area contributed by atoms with Gasteiger partial charge in [0.05, 0.1) is 0 Å². The smallest absolute Gasteiger partial charge is 0.303 e. The highest BCUT2D eigenvalue weighted by atomic mass is 16.7. The number of hydrogen-bond donors (Lipinski definition) is 0. The lowest BCUT2D eigenvalue weighted by atomic mass is 9.93. The third kappa shape index (κ3) is 4.57. The van der Waals surface area contributed by atoms with Gasteiger partial charge in [0.15, 0.2) is 6.10 Å². The molecular formula is C15H16N2O4. The van der Waals surface area contributed by atoms with Gasteiger partial charge in [-0.15, -0.1) is 0 Å². The fraction of sp³-hybridized carbons (Fsp3) is 0.400. The molecule has 0 saturated heterocycles. The molecule has 0 aliphatic carbocycles. The van der Waals surface area contributed by atoms with Gasteiger partial charge in [-0.2, -0.15) is 10.5 Å². The maximum Gasteiger partial charge on any atom is 0.303 e. The number of carbonyl (C=O) groups is 1. The second-order valence-corrected chi connectivity index (χ2v) is 4.30. The third-order valence-corrected chi connectivity index (χ3v) is 2.76.